The van der Waals surface area contributed by atoms with E-state index in [1.807, 2.05) is 0 Å². The van der Waals surface area contributed by atoms with Crippen molar-refractivity contribution in [3.8, 4) is 0 Å². The summed E-state index contributed by atoms with van der Waals surface area (Å²) in [4.78, 5) is 11.8. The van der Waals surface area contributed by atoms with Gasteiger partial charge in [-0.2, -0.15) is 0 Å². The summed E-state index contributed by atoms with van der Waals surface area (Å²) in [6.07, 6.45) is 3.53. The monoisotopic (exact) mass is 259 g/mol. The molecule has 0 saturated carbocycles. The molecule has 18 heavy (non-hydrogen) atoms. The number of ether oxygens (including phenoxy) is 3. The molecular weight excluding hydrogens is 234 g/mol. The molecule has 5 heteroatoms. The van der Waals surface area contributed by atoms with E-state index in [9.17, 15) is 4.79 Å². The molecule has 0 amide bonds. The van der Waals surface area contributed by atoms with E-state index in [-0.39, 0.29) is 12.1 Å². The Labute approximate surface area is 109 Å². The van der Waals surface area contributed by atoms with Crippen LogP contribution in [0.15, 0.2) is 0 Å². The van der Waals surface area contributed by atoms with E-state index in [2.05, 4.69) is 5.32 Å². The minimum atomic E-state index is -0.787. The van der Waals surface area contributed by atoms with Crippen LogP contribution in [-0.4, -0.2) is 51.1 Å². The van der Waals surface area contributed by atoms with E-state index in [0.717, 1.165) is 19.4 Å². The van der Waals surface area contributed by atoms with Gasteiger partial charge in [-0.3, -0.25) is 0 Å². The van der Waals surface area contributed by atoms with Crippen molar-refractivity contribution >= 4 is 5.97 Å². The van der Waals surface area contributed by atoms with Gasteiger partial charge in [0.25, 0.3) is 0 Å². The third-order valence-corrected chi connectivity index (χ3v) is 3.25. The number of rotatable bonds is 7. The van der Waals surface area contributed by atoms with Gasteiger partial charge in [0.05, 0.1) is 25.9 Å². The normalized spacial score (nSPS) is 23.4. The van der Waals surface area contributed by atoms with Gasteiger partial charge in [0.15, 0.2) is 0 Å². The zero-order valence-corrected chi connectivity index (χ0v) is 11.7. The summed E-state index contributed by atoms with van der Waals surface area (Å²) in [5.74, 6) is -0.280. The van der Waals surface area contributed by atoms with Gasteiger partial charge in [-0.05, 0) is 40.2 Å². The molecule has 1 saturated heterocycles. The number of nitrogens with one attached hydrogen (secondary N) is 1. The van der Waals surface area contributed by atoms with Crippen LogP contribution in [0.3, 0.4) is 0 Å². The molecule has 2 atom stereocenters. The van der Waals surface area contributed by atoms with E-state index in [0.29, 0.717) is 19.8 Å². The summed E-state index contributed by atoms with van der Waals surface area (Å²) in [7, 11) is 1.73. The Morgan fingerprint density at radius 3 is 2.83 bits per heavy atom. The lowest BCUT2D eigenvalue weighted by Gasteiger charge is -2.28. The summed E-state index contributed by atoms with van der Waals surface area (Å²) in [6.45, 7) is 5.60. The molecule has 1 N–H and O–H groups in total. The second-order valence-corrected chi connectivity index (χ2v) is 4.81. The summed E-state index contributed by atoms with van der Waals surface area (Å²) in [5, 5.41) is 2.96. The van der Waals surface area contributed by atoms with Gasteiger partial charge >= 0.3 is 5.97 Å². The number of hydrogen-bond donors (Lipinski definition) is 1. The van der Waals surface area contributed by atoms with Crippen LogP contribution in [0.2, 0.25) is 0 Å². The second kappa shape index (κ2) is 7.71. The van der Waals surface area contributed by atoms with Crippen molar-refractivity contribution in [2.75, 3.05) is 33.5 Å². The van der Waals surface area contributed by atoms with Crippen LogP contribution < -0.4 is 5.32 Å². The average molecular weight is 259 g/mol. The van der Waals surface area contributed by atoms with Crippen LogP contribution in [-0.2, 0) is 19.0 Å². The van der Waals surface area contributed by atoms with E-state index in [1.165, 1.54) is 6.42 Å². The standard InChI is InChI=1S/C13H25NO4/c1-4-17-12(15)13(2,14-3)10-16-9-11-7-5-6-8-18-11/h11,14H,4-10H2,1-3H3. The smallest absolute Gasteiger partial charge is 0.328 e. The van der Waals surface area contributed by atoms with Crippen LogP contribution in [0.1, 0.15) is 33.1 Å². The van der Waals surface area contributed by atoms with Gasteiger partial charge in [0.2, 0.25) is 0 Å². The molecule has 1 aliphatic rings. The van der Waals surface area contributed by atoms with Gasteiger partial charge < -0.3 is 19.5 Å². The summed E-state index contributed by atoms with van der Waals surface area (Å²) < 4.78 is 16.2. The predicted molar refractivity (Wildman–Crippen MR) is 68.5 cm³/mol. The number of likely N-dealkylation sites (N-methyl/N-ethyl adjacent to an activating group) is 1. The van der Waals surface area contributed by atoms with Gasteiger partial charge in [-0.15, -0.1) is 0 Å². The molecular formula is C13H25NO4. The van der Waals surface area contributed by atoms with Crippen LogP contribution in [0, 0.1) is 0 Å². The lowest BCUT2D eigenvalue weighted by molar-refractivity contribution is -0.154. The lowest BCUT2D eigenvalue weighted by Crippen LogP contribution is -2.52. The fraction of sp³-hybridized carbons (Fsp3) is 0.923. The maximum absolute atomic E-state index is 11.8. The molecule has 0 radical (unpaired) electrons. The molecule has 1 fully saturated rings. The Morgan fingerprint density at radius 1 is 1.50 bits per heavy atom. The molecule has 0 aliphatic carbocycles. The second-order valence-electron chi connectivity index (χ2n) is 4.81. The largest absolute Gasteiger partial charge is 0.465 e. The Kier molecular flexibility index (Phi) is 6.60. The zero-order chi connectivity index (χ0) is 13.4. The molecule has 106 valence electrons. The first kappa shape index (κ1) is 15.4. The highest BCUT2D eigenvalue weighted by molar-refractivity contribution is 5.80. The van der Waals surface area contributed by atoms with E-state index >= 15 is 0 Å². The Morgan fingerprint density at radius 2 is 2.28 bits per heavy atom. The van der Waals surface area contributed by atoms with Crippen molar-refractivity contribution in [1.82, 2.24) is 5.32 Å². The highest BCUT2D eigenvalue weighted by atomic mass is 16.5. The minimum absolute atomic E-state index is 0.169. The van der Waals surface area contributed by atoms with Crippen LogP contribution in [0.25, 0.3) is 0 Å². The molecule has 0 spiro atoms. The van der Waals surface area contributed by atoms with Crippen molar-refractivity contribution in [3.63, 3.8) is 0 Å². The van der Waals surface area contributed by atoms with E-state index in [1.54, 1.807) is 20.9 Å². The van der Waals surface area contributed by atoms with E-state index < -0.39 is 5.54 Å². The molecule has 0 aromatic heterocycles. The van der Waals surface area contributed by atoms with Gasteiger partial charge in [-0.25, -0.2) is 4.79 Å². The van der Waals surface area contributed by atoms with Crippen molar-refractivity contribution in [1.29, 1.82) is 0 Å². The van der Waals surface area contributed by atoms with Crippen LogP contribution in [0.5, 0.6) is 0 Å². The first-order chi connectivity index (χ1) is 8.62. The zero-order valence-electron chi connectivity index (χ0n) is 11.7. The minimum Gasteiger partial charge on any atom is -0.465 e. The number of carbonyl (C=O) groups is 1. The summed E-state index contributed by atoms with van der Waals surface area (Å²) in [5.41, 5.74) is -0.787. The van der Waals surface area contributed by atoms with Crippen LogP contribution >= 0.6 is 0 Å². The molecule has 2 unspecified atom stereocenters. The Hall–Kier alpha value is -0.650. The molecule has 5 nitrogen and oxygen atoms in total. The number of esters is 1. The quantitative estimate of drug-likeness (QED) is 0.694. The Balaban J connectivity index is 2.31. The van der Waals surface area contributed by atoms with Gasteiger partial charge in [0.1, 0.15) is 5.54 Å². The molecule has 1 aliphatic heterocycles. The predicted octanol–water partition coefficient (Wildman–Crippen LogP) is 1.11. The van der Waals surface area contributed by atoms with Crippen molar-refractivity contribution < 1.29 is 19.0 Å². The third kappa shape index (κ3) is 4.55. The topological polar surface area (TPSA) is 56.8 Å². The maximum atomic E-state index is 11.8. The first-order valence-corrected chi connectivity index (χ1v) is 6.68. The first-order valence-electron chi connectivity index (χ1n) is 6.68. The molecule has 1 rings (SSSR count). The van der Waals surface area contributed by atoms with Crippen molar-refractivity contribution in [2.24, 2.45) is 0 Å². The molecule has 0 aromatic carbocycles. The third-order valence-electron chi connectivity index (χ3n) is 3.25. The van der Waals surface area contributed by atoms with Gasteiger partial charge in [0, 0.05) is 6.61 Å². The maximum Gasteiger partial charge on any atom is 0.328 e. The highest BCUT2D eigenvalue weighted by Gasteiger charge is 2.33. The fourth-order valence-corrected chi connectivity index (χ4v) is 1.86. The number of carbonyl (C=O) groups excluding carboxylic acids is 1. The van der Waals surface area contributed by atoms with Crippen LogP contribution in [0.4, 0.5) is 0 Å². The highest BCUT2D eigenvalue weighted by Crippen LogP contribution is 2.14. The average Bonchev–Trinajstić information content (AvgIpc) is 2.40. The molecule has 0 bridgehead atoms. The molecule has 0 aromatic rings. The molecule has 1 heterocycles. The fourth-order valence-electron chi connectivity index (χ4n) is 1.86. The Bertz CT molecular complexity index is 253. The van der Waals surface area contributed by atoms with E-state index in [4.69, 9.17) is 14.2 Å². The number of hydrogen-bond acceptors (Lipinski definition) is 5. The van der Waals surface area contributed by atoms with Gasteiger partial charge in [-0.1, -0.05) is 0 Å². The van der Waals surface area contributed by atoms with Crippen molar-refractivity contribution in [2.45, 2.75) is 44.8 Å². The lowest BCUT2D eigenvalue weighted by atomic mass is 10.0. The SMILES string of the molecule is CCOC(=O)C(C)(COCC1CCCCO1)NC. The summed E-state index contributed by atoms with van der Waals surface area (Å²) >= 11 is 0. The summed E-state index contributed by atoms with van der Waals surface area (Å²) in [6, 6.07) is 0. The van der Waals surface area contributed by atoms with Crippen molar-refractivity contribution in [3.05, 3.63) is 0 Å².